The molecule has 0 radical (unpaired) electrons. The summed E-state index contributed by atoms with van der Waals surface area (Å²) in [4.78, 5) is 2.22. The van der Waals surface area contributed by atoms with Gasteiger partial charge in [0.15, 0.2) is 0 Å². The highest BCUT2D eigenvalue weighted by molar-refractivity contribution is 7.89. The average molecular weight is 279 g/mol. The fraction of sp³-hybridized carbons (Fsp3) is 1.00. The van der Waals surface area contributed by atoms with Crippen LogP contribution in [0.25, 0.3) is 0 Å². The Morgan fingerprint density at radius 2 is 1.78 bits per heavy atom. The van der Waals surface area contributed by atoms with Crippen LogP contribution < -0.4 is 10.0 Å². The summed E-state index contributed by atoms with van der Waals surface area (Å²) in [6, 6.07) is -0.0285. The van der Waals surface area contributed by atoms with E-state index in [2.05, 4.69) is 28.8 Å². The Bertz CT molecular complexity index is 290. The van der Waals surface area contributed by atoms with Gasteiger partial charge in [0.1, 0.15) is 0 Å². The number of nitrogens with zero attached hydrogens (tertiary/aromatic N) is 1. The molecule has 0 amide bonds. The zero-order valence-corrected chi connectivity index (χ0v) is 13.0. The third kappa shape index (κ3) is 8.85. The molecule has 0 saturated carbocycles. The maximum absolute atomic E-state index is 11.8. The summed E-state index contributed by atoms with van der Waals surface area (Å²) in [6.45, 7) is 9.62. The first-order chi connectivity index (χ1) is 8.45. The summed E-state index contributed by atoms with van der Waals surface area (Å²) >= 11 is 0. The average Bonchev–Trinajstić information content (AvgIpc) is 2.31. The maximum Gasteiger partial charge on any atom is 0.211 e. The molecule has 0 aliphatic carbocycles. The molecule has 6 heteroatoms. The normalized spacial score (nSPS) is 14.1. The predicted octanol–water partition coefficient (Wildman–Crippen LogP) is 0.636. The van der Waals surface area contributed by atoms with E-state index in [4.69, 9.17) is 0 Å². The van der Waals surface area contributed by atoms with Gasteiger partial charge in [0.05, 0.1) is 5.75 Å². The molecule has 0 bridgehead atoms. The molecule has 0 rings (SSSR count). The van der Waals surface area contributed by atoms with Crippen molar-refractivity contribution in [2.45, 2.75) is 39.7 Å². The lowest BCUT2D eigenvalue weighted by Crippen LogP contribution is -2.42. The molecule has 0 aliphatic heterocycles. The van der Waals surface area contributed by atoms with Gasteiger partial charge in [-0.15, -0.1) is 0 Å². The van der Waals surface area contributed by atoms with Gasteiger partial charge < -0.3 is 10.2 Å². The first-order valence-electron chi connectivity index (χ1n) is 6.82. The summed E-state index contributed by atoms with van der Waals surface area (Å²) in [7, 11) is -1.25. The fourth-order valence-corrected chi connectivity index (χ4v) is 3.26. The Labute approximate surface area is 112 Å². The second kappa shape index (κ2) is 9.72. The summed E-state index contributed by atoms with van der Waals surface area (Å²) in [5.74, 6) is 0.220. The number of likely N-dealkylation sites (N-methyl/N-ethyl adjacent to an activating group) is 1. The number of unbranched alkanes of at least 4 members (excludes halogenated alkanes) is 1. The van der Waals surface area contributed by atoms with Gasteiger partial charge in [-0.3, -0.25) is 0 Å². The van der Waals surface area contributed by atoms with Crippen molar-refractivity contribution >= 4 is 10.0 Å². The lowest BCUT2D eigenvalue weighted by Gasteiger charge is -2.23. The Morgan fingerprint density at radius 1 is 1.17 bits per heavy atom. The lowest BCUT2D eigenvalue weighted by molar-refractivity contribution is 0.282. The van der Waals surface area contributed by atoms with Gasteiger partial charge >= 0.3 is 0 Å². The summed E-state index contributed by atoms with van der Waals surface area (Å²) < 4.78 is 26.4. The number of nitrogens with one attached hydrogen (secondary N) is 2. The molecule has 18 heavy (non-hydrogen) atoms. The van der Waals surface area contributed by atoms with Gasteiger partial charge in [0.25, 0.3) is 0 Å². The molecule has 0 aliphatic rings. The highest BCUT2D eigenvalue weighted by Crippen LogP contribution is 1.98. The SMILES string of the molecule is CCN(CC)CC(C)NS(=O)(=O)CCCCNC. The smallest absolute Gasteiger partial charge is 0.211 e. The van der Waals surface area contributed by atoms with Crippen LogP contribution in [0.1, 0.15) is 33.6 Å². The highest BCUT2D eigenvalue weighted by atomic mass is 32.2. The van der Waals surface area contributed by atoms with Crippen molar-refractivity contribution in [3.63, 3.8) is 0 Å². The van der Waals surface area contributed by atoms with Crippen molar-refractivity contribution in [2.24, 2.45) is 0 Å². The van der Waals surface area contributed by atoms with Crippen LogP contribution in [0.4, 0.5) is 0 Å². The van der Waals surface area contributed by atoms with Gasteiger partial charge in [0, 0.05) is 12.6 Å². The van der Waals surface area contributed by atoms with Gasteiger partial charge in [-0.25, -0.2) is 13.1 Å². The highest BCUT2D eigenvalue weighted by Gasteiger charge is 2.15. The maximum atomic E-state index is 11.8. The molecule has 2 N–H and O–H groups in total. The molecule has 0 aromatic carbocycles. The minimum atomic E-state index is -3.13. The predicted molar refractivity (Wildman–Crippen MR) is 77.3 cm³/mol. The Kier molecular flexibility index (Phi) is 9.63. The Morgan fingerprint density at radius 3 is 2.28 bits per heavy atom. The number of sulfonamides is 1. The summed E-state index contributed by atoms with van der Waals surface area (Å²) in [6.07, 6.45) is 1.59. The van der Waals surface area contributed by atoms with E-state index in [1.54, 1.807) is 0 Å². The molecule has 1 atom stereocenters. The van der Waals surface area contributed by atoms with Crippen LogP contribution in [0.15, 0.2) is 0 Å². The number of hydrogen-bond donors (Lipinski definition) is 2. The lowest BCUT2D eigenvalue weighted by atomic mass is 10.3. The van der Waals surface area contributed by atoms with Gasteiger partial charge in [-0.1, -0.05) is 13.8 Å². The van der Waals surface area contributed by atoms with E-state index in [-0.39, 0.29) is 11.8 Å². The van der Waals surface area contributed by atoms with Crippen LogP contribution in [0.3, 0.4) is 0 Å². The topological polar surface area (TPSA) is 61.4 Å². The van der Waals surface area contributed by atoms with Crippen molar-refractivity contribution in [2.75, 3.05) is 39.0 Å². The molecule has 0 spiro atoms. The first-order valence-corrected chi connectivity index (χ1v) is 8.47. The molecule has 1 unspecified atom stereocenters. The molecule has 0 saturated heterocycles. The van der Waals surface area contributed by atoms with E-state index in [0.29, 0.717) is 6.42 Å². The standard InChI is InChI=1S/C12H29N3O2S/c1-5-15(6-2)11-12(3)14-18(16,17)10-8-7-9-13-4/h12-14H,5-11H2,1-4H3. The van der Waals surface area contributed by atoms with Gasteiger partial charge in [-0.2, -0.15) is 0 Å². The summed E-state index contributed by atoms with van der Waals surface area (Å²) in [5.41, 5.74) is 0. The zero-order valence-electron chi connectivity index (χ0n) is 12.2. The minimum absolute atomic E-state index is 0.0285. The van der Waals surface area contributed by atoms with Crippen molar-refractivity contribution in [1.29, 1.82) is 0 Å². The van der Waals surface area contributed by atoms with Crippen molar-refractivity contribution < 1.29 is 8.42 Å². The summed E-state index contributed by atoms with van der Waals surface area (Å²) in [5, 5.41) is 3.01. The van der Waals surface area contributed by atoms with E-state index >= 15 is 0 Å². The molecule has 5 nitrogen and oxygen atoms in total. The molecular weight excluding hydrogens is 250 g/mol. The van der Waals surface area contributed by atoms with Crippen molar-refractivity contribution in [1.82, 2.24) is 14.9 Å². The van der Waals surface area contributed by atoms with Crippen LogP contribution >= 0.6 is 0 Å². The Balaban J connectivity index is 3.99. The van der Waals surface area contributed by atoms with E-state index in [9.17, 15) is 8.42 Å². The van der Waals surface area contributed by atoms with Crippen LogP contribution in [-0.4, -0.2) is 58.3 Å². The molecule has 110 valence electrons. The van der Waals surface area contributed by atoms with E-state index in [0.717, 1.165) is 32.6 Å². The van der Waals surface area contributed by atoms with E-state index < -0.39 is 10.0 Å². The van der Waals surface area contributed by atoms with E-state index in [1.807, 2.05) is 14.0 Å². The largest absolute Gasteiger partial charge is 0.320 e. The molecule has 0 fully saturated rings. The molecule has 0 heterocycles. The second-order valence-corrected chi connectivity index (χ2v) is 6.51. The van der Waals surface area contributed by atoms with Crippen LogP contribution in [0, 0.1) is 0 Å². The van der Waals surface area contributed by atoms with E-state index in [1.165, 1.54) is 0 Å². The zero-order chi connectivity index (χ0) is 14.0. The van der Waals surface area contributed by atoms with Crippen molar-refractivity contribution in [3.8, 4) is 0 Å². The Hall–Kier alpha value is -0.170. The van der Waals surface area contributed by atoms with Crippen LogP contribution in [0.2, 0.25) is 0 Å². The minimum Gasteiger partial charge on any atom is -0.320 e. The molecule has 0 aromatic rings. The van der Waals surface area contributed by atoms with Gasteiger partial charge in [-0.05, 0) is 46.4 Å². The first kappa shape index (κ1) is 17.8. The fourth-order valence-electron chi connectivity index (χ4n) is 1.87. The quantitative estimate of drug-likeness (QED) is 0.545. The molecular formula is C12H29N3O2S. The number of rotatable bonds is 11. The van der Waals surface area contributed by atoms with Gasteiger partial charge in [0.2, 0.25) is 10.0 Å². The molecule has 0 aromatic heterocycles. The second-order valence-electron chi connectivity index (χ2n) is 4.63. The van der Waals surface area contributed by atoms with Crippen LogP contribution in [0.5, 0.6) is 0 Å². The van der Waals surface area contributed by atoms with Crippen molar-refractivity contribution in [3.05, 3.63) is 0 Å². The third-order valence-corrected chi connectivity index (χ3v) is 4.48. The third-order valence-electron chi connectivity index (χ3n) is 2.90. The monoisotopic (exact) mass is 279 g/mol. The number of hydrogen-bond acceptors (Lipinski definition) is 4. The van der Waals surface area contributed by atoms with Crippen LogP contribution in [-0.2, 0) is 10.0 Å².